The van der Waals surface area contributed by atoms with Crippen molar-refractivity contribution in [3.05, 3.63) is 27.1 Å². The van der Waals surface area contributed by atoms with Crippen LogP contribution in [-0.4, -0.2) is 35.2 Å². The number of fused-ring (bicyclic) bond motifs is 1. The lowest BCUT2D eigenvalue weighted by molar-refractivity contribution is -0.135. The van der Waals surface area contributed by atoms with Crippen LogP contribution in [0.2, 0.25) is 0 Å². The van der Waals surface area contributed by atoms with Crippen LogP contribution in [0, 0.1) is 0 Å². The van der Waals surface area contributed by atoms with Gasteiger partial charge in [-0.25, -0.2) is 13.2 Å². The van der Waals surface area contributed by atoms with Gasteiger partial charge >= 0.3 is 11.7 Å². The molecule has 0 aliphatic carbocycles. The third-order valence-electron chi connectivity index (χ3n) is 3.03. The molecule has 0 saturated carbocycles. The predicted octanol–water partition coefficient (Wildman–Crippen LogP) is 0.00240. The third kappa shape index (κ3) is 2.74. The van der Waals surface area contributed by atoms with Crippen molar-refractivity contribution in [3.63, 3.8) is 0 Å². The number of benzene rings is 1. The first kappa shape index (κ1) is 15.7. The van der Waals surface area contributed by atoms with Crippen LogP contribution in [-0.2, 0) is 28.9 Å². The number of carbonyl (C=O) groups is 1. The van der Waals surface area contributed by atoms with Crippen molar-refractivity contribution >= 4 is 43.0 Å². The zero-order chi connectivity index (χ0) is 15.9. The van der Waals surface area contributed by atoms with Gasteiger partial charge in [0.05, 0.1) is 15.9 Å². The molecule has 2 N–H and O–H groups in total. The lowest BCUT2D eigenvalue weighted by atomic mass is 10.3. The van der Waals surface area contributed by atoms with E-state index < -0.39 is 22.5 Å². The van der Waals surface area contributed by atoms with Gasteiger partial charge in [-0.2, -0.15) is 4.72 Å². The molecule has 1 heterocycles. The van der Waals surface area contributed by atoms with Gasteiger partial charge in [0.25, 0.3) is 0 Å². The van der Waals surface area contributed by atoms with Crippen molar-refractivity contribution in [2.45, 2.75) is 4.90 Å². The molecule has 0 radical (unpaired) electrons. The maximum atomic E-state index is 12.1. The van der Waals surface area contributed by atoms with Crippen LogP contribution in [0.15, 0.2) is 26.3 Å². The molecule has 2 aromatic rings. The molecule has 0 saturated heterocycles. The summed E-state index contributed by atoms with van der Waals surface area (Å²) < 4.78 is 29.1. The Kier molecular flexibility index (Phi) is 3.95. The summed E-state index contributed by atoms with van der Waals surface area (Å²) in [5, 5.41) is 8.56. The summed E-state index contributed by atoms with van der Waals surface area (Å²) in [7, 11) is -0.895. The van der Waals surface area contributed by atoms with Gasteiger partial charge in [-0.3, -0.25) is 13.9 Å². The third-order valence-corrected chi connectivity index (χ3v) is 5.39. The second-order valence-corrected chi connectivity index (χ2v) is 6.98. The molecule has 0 unspecified atom stereocenters. The first-order chi connectivity index (χ1) is 9.65. The minimum Gasteiger partial charge on any atom is -0.480 e. The van der Waals surface area contributed by atoms with E-state index in [0.717, 1.165) is 0 Å². The molecule has 0 atom stereocenters. The number of hydrogen-bond donors (Lipinski definition) is 2. The minimum absolute atomic E-state index is 0.127. The van der Waals surface area contributed by atoms with E-state index in [2.05, 4.69) is 15.9 Å². The van der Waals surface area contributed by atoms with Crippen molar-refractivity contribution in [1.29, 1.82) is 0 Å². The summed E-state index contributed by atoms with van der Waals surface area (Å²) in [6.45, 7) is -0.722. The van der Waals surface area contributed by atoms with E-state index in [9.17, 15) is 18.0 Å². The largest absolute Gasteiger partial charge is 0.480 e. The Morgan fingerprint density at radius 2 is 1.81 bits per heavy atom. The fourth-order valence-electron chi connectivity index (χ4n) is 1.94. The lowest BCUT2D eigenvalue weighted by Crippen LogP contribution is -2.29. The molecule has 1 aromatic heterocycles. The Labute approximate surface area is 128 Å². The molecule has 21 heavy (non-hydrogen) atoms. The quantitative estimate of drug-likeness (QED) is 0.779. The van der Waals surface area contributed by atoms with Crippen molar-refractivity contribution in [3.8, 4) is 0 Å². The molecule has 0 aliphatic heterocycles. The molecule has 8 nitrogen and oxygen atoms in total. The Hall–Kier alpha value is -1.65. The van der Waals surface area contributed by atoms with Crippen LogP contribution in [0.4, 0.5) is 0 Å². The smallest absolute Gasteiger partial charge is 0.328 e. The number of sulfonamides is 1. The summed E-state index contributed by atoms with van der Waals surface area (Å²) in [4.78, 5) is 22.2. The van der Waals surface area contributed by atoms with Crippen LogP contribution in [0.25, 0.3) is 11.0 Å². The zero-order valence-corrected chi connectivity index (χ0v) is 13.5. The molecule has 0 fully saturated rings. The lowest BCUT2D eigenvalue weighted by Gasteiger charge is -2.08. The Bertz CT molecular complexity index is 897. The number of nitrogens with zero attached hydrogens (tertiary/aromatic N) is 2. The first-order valence-corrected chi connectivity index (χ1v) is 7.99. The normalized spacial score (nSPS) is 12.0. The number of aryl methyl sites for hydroxylation is 2. The minimum atomic E-state index is -4.00. The maximum Gasteiger partial charge on any atom is 0.328 e. The van der Waals surface area contributed by atoms with Crippen LogP contribution in [0.3, 0.4) is 0 Å². The van der Waals surface area contributed by atoms with Gasteiger partial charge < -0.3 is 5.11 Å². The van der Waals surface area contributed by atoms with Crippen molar-refractivity contribution in [1.82, 2.24) is 13.9 Å². The van der Waals surface area contributed by atoms with E-state index in [1.165, 1.54) is 28.3 Å². The number of aromatic nitrogens is 2. The zero-order valence-electron chi connectivity index (χ0n) is 11.1. The van der Waals surface area contributed by atoms with Gasteiger partial charge in [0.1, 0.15) is 6.54 Å². The van der Waals surface area contributed by atoms with Crippen LogP contribution < -0.4 is 10.4 Å². The van der Waals surface area contributed by atoms with E-state index in [1.54, 1.807) is 7.05 Å². The molecular weight excluding hydrogens is 366 g/mol. The van der Waals surface area contributed by atoms with E-state index in [1.807, 2.05) is 4.72 Å². The molecular formula is C11H12BrN3O5S. The number of nitrogens with one attached hydrogen (secondary N) is 1. The Morgan fingerprint density at radius 1 is 1.29 bits per heavy atom. The second-order valence-electron chi connectivity index (χ2n) is 4.39. The average Bonchev–Trinajstić information content (AvgIpc) is 2.61. The number of halogens is 1. The van der Waals surface area contributed by atoms with E-state index in [0.29, 0.717) is 11.0 Å². The summed E-state index contributed by atoms with van der Waals surface area (Å²) in [6, 6.07) is 2.83. The highest BCUT2D eigenvalue weighted by atomic mass is 79.9. The molecule has 0 spiro atoms. The molecule has 114 valence electrons. The second kappa shape index (κ2) is 5.28. The van der Waals surface area contributed by atoms with Crippen LogP contribution in [0.5, 0.6) is 0 Å². The maximum absolute atomic E-state index is 12.1. The van der Waals surface area contributed by atoms with Crippen molar-refractivity contribution in [2.75, 3.05) is 6.54 Å². The molecule has 1 aromatic carbocycles. The predicted molar refractivity (Wildman–Crippen MR) is 78.7 cm³/mol. The van der Waals surface area contributed by atoms with Crippen LogP contribution in [0.1, 0.15) is 0 Å². The van der Waals surface area contributed by atoms with Crippen molar-refractivity contribution < 1.29 is 18.3 Å². The van der Waals surface area contributed by atoms with E-state index in [4.69, 9.17) is 5.11 Å². The molecule has 0 aliphatic rings. The SMILES string of the molecule is Cn1c(=O)n(C)c2cc(S(=O)(=O)NCC(=O)O)c(Br)cc21. The molecule has 0 bridgehead atoms. The topological polar surface area (TPSA) is 110 Å². The Balaban J connectivity index is 2.66. The number of rotatable bonds is 4. The van der Waals surface area contributed by atoms with Gasteiger partial charge in [-0.05, 0) is 28.1 Å². The van der Waals surface area contributed by atoms with Gasteiger partial charge in [0.2, 0.25) is 10.0 Å². The summed E-state index contributed by atoms with van der Waals surface area (Å²) in [5.74, 6) is -1.29. The summed E-state index contributed by atoms with van der Waals surface area (Å²) in [5.41, 5.74) is 0.706. The number of aliphatic carboxylic acids is 1. The van der Waals surface area contributed by atoms with Crippen molar-refractivity contribution in [2.24, 2.45) is 14.1 Å². The summed E-state index contributed by atoms with van der Waals surface area (Å²) in [6.07, 6.45) is 0. The number of hydrogen-bond acceptors (Lipinski definition) is 4. The average molecular weight is 378 g/mol. The van der Waals surface area contributed by atoms with Gasteiger partial charge in [-0.15, -0.1) is 0 Å². The van der Waals surface area contributed by atoms with Crippen LogP contribution >= 0.6 is 15.9 Å². The summed E-state index contributed by atoms with van der Waals surface area (Å²) >= 11 is 3.14. The standard InChI is InChI=1S/C11H12BrN3O5S/c1-14-7-3-6(12)9(4-8(7)15(2)11(14)18)21(19,20)13-5-10(16)17/h3-4,13H,5H2,1-2H3,(H,16,17). The monoisotopic (exact) mass is 377 g/mol. The number of carboxylic acids is 1. The Morgan fingerprint density at radius 3 is 2.33 bits per heavy atom. The van der Waals surface area contributed by atoms with Gasteiger partial charge in [0.15, 0.2) is 0 Å². The fraction of sp³-hybridized carbons (Fsp3) is 0.273. The fourth-order valence-corrected chi connectivity index (χ4v) is 3.96. The van der Waals surface area contributed by atoms with E-state index in [-0.39, 0.29) is 15.1 Å². The molecule has 10 heteroatoms. The molecule has 2 rings (SSSR count). The van der Waals surface area contributed by atoms with Gasteiger partial charge in [0, 0.05) is 18.6 Å². The number of imidazole rings is 1. The first-order valence-electron chi connectivity index (χ1n) is 5.71. The van der Waals surface area contributed by atoms with Gasteiger partial charge in [-0.1, -0.05) is 0 Å². The highest BCUT2D eigenvalue weighted by Gasteiger charge is 2.21. The highest BCUT2D eigenvalue weighted by Crippen LogP contribution is 2.27. The highest BCUT2D eigenvalue weighted by molar-refractivity contribution is 9.10. The molecule has 0 amide bonds. The van der Waals surface area contributed by atoms with E-state index >= 15 is 0 Å². The number of carboxylic acid groups (broad SMARTS) is 1.